The Morgan fingerprint density at radius 2 is 1.74 bits per heavy atom. The van der Waals surface area contributed by atoms with E-state index in [2.05, 4.69) is 0 Å². The van der Waals surface area contributed by atoms with E-state index in [1.807, 2.05) is 0 Å². The number of nitrogens with zero attached hydrogens (tertiary/aromatic N) is 2. The number of fused-ring (bicyclic) bond motifs is 1. The highest BCUT2D eigenvalue weighted by Gasteiger charge is 2.35. The van der Waals surface area contributed by atoms with Gasteiger partial charge in [-0.2, -0.15) is 0 Å². The molecule has 0 aromatic heterocycles. The van der Waals surface area contributed by atoms with E-state index in [4.69, 9.17) is 4.74 Å². The molecule has 0 N–H and O–H groups in total. The zero-order valence-corrected chi connectivity index (χ0v) is 13.9. The van der Waals surface area contributed by atoms with E-state index in [-0.39, 0.29) is 47.7 Å². The Labute approximate surface area is 152 Å². The minimum Gasteiger partial charge on any atom is -0.550 e. The summed E-state index contributed by atoms with van der Waals surface area (Å²) in [5, 5.41) is 21.3. The molecular weight excluding hydrogens is 356 g/mol. The predicted molar refractivity (Wildman–Crippen MR) is 89.2 cm³/mol. The number of benzene rings is 2. The van der Waals surface area contributed by atoms with Gasteiger partial charge < -0.3 is 14.6 Å². The maximum atomic E-state index is 12.4. The number of imide groups is 1. The third kappa shape index (κ3) is 3.76. The molecule has 2 aromatic carbocycles. The van der Waals surface area contributed by atoms with Crippen molar-refractivity contribution < 1.29 is 29.2 Å². The number of carbonyl (C=O) groups is 3. The lowest BCUT2D eigenvalue weighted by molar-refractivity contribution is -0.384. The summed E-state index contributed by atoms with van der Waals surface area (Å²) in [6.45, 7) is -0.0264. The topological polar surface area (TPSA) is 130 Å². The second kappa shape index (κ2) is 7.24. The van der Waals surface area contributed by atoms with Crippen molar-refractivity contribution in [2.24, 2.45) is 0 Å². The molecule has 0 atom stereocenters. The Morgan fingerprint density at radius 3 is 2.44 bits per heavy atom. The lowest BCUT2D eigenvalue weighted by atomic mass is 10.1. The van der Waals surface area contributed by atoms with Gasteiger partial charge in [0.1, 0.15) is 11.5 Å². The van der Waals surface area contributed by atoms with Crippen molar-refractivity contribution in [3.05, 3.63) is 63.7 Å². The summed E-state index contributed by atoms with van der Waals surface area (Å²) in [6.07, 6.45) is -0.153. The summed E-state index contributed by atoms with van der Waals surface area (Å²) in [7, 11) is 0. The Morgan fingerprint density at radius 1 is 1.04 bits per heavy atom. The highest BCUT2D eigenvalue weighted by Crippen LogP contribution is 2.30. The number of hydrogen-bond acceptors (Lipinski definition) is 7. The largest absolute Gasteiger partial charge is 0.550 e. The van der Waals surface area contributed by atoms with Crippen molar-refractivity contribution in [3.8, 4) is 11.5 Å². The summed E-state index contributed by atoms with van der Waals surface area (Å²) in [5.74, 6) is -1.84. The molecule has 0 saturated carbocycles. The van der Waals surface area contributed by atoms with E-state index >= 15 is 0 Å². The fraction of sp³-hybridized carbons (Fsp3) is 0.167. The highest BCUT2D eigenvalue weighted by molar-refractivity contribution is 6.21. The Kier molecular flexibility index (Phi) is 4.84. The van der Waals surface area contributed by atoms with Crippen molar-refractivity contribution >= 4 is 23.5 Å². The number of amides is 2. The maximum Gasteiger partial charge on any atom is 0.273 e. The SMILES string of the molecule is O=C([O-])CCCN1C(=O)c2ccc(Oc3cccc([N+](=O)[O-])c3)cc2C1=O. The fourth-order valence-corrected chi connectivity index (χ4v) is 2.71. The molecule has 27 heavy (non-hydrogen) atoms. The van der Waals surface area contributed by atoms with Crippen molar-refractivity contribution in [1.29, 1.82) is 0 Å². The predicted octanol–water partition coefficient (Wildman–Crippen LogP) is 1.51. The van der Waals surface area contributed by atoms with Crippen LogP contribution < -0.4 is 9.84 Å². The van der Waals surface area contributed by atoms with Gasteiger partial charge >= 0.3 is 0 Å². The molecule has 3 rings (SSSR count). The first-order valence-corrected chi connectivity index (χ1v) is 7.99. The normalized spacial score (nSPS) is 12.8. The number of carbonyl (C=O) groups excluding carboxylic acids is 3. The van der Waals surface area contributed by atoms with Gasteiger partial charge in [-0.1, -0.05) is 6.07 Å². The lowest BCUT2D eigenvalue weighted by Gasteiger charge is -2.13. The summed E-state index contributed by atoms with van der Waals surface area (Å²) in [5.41, 5.74) is 0.190. The number of carboxylic acids is 1. The Hall–Kier alpha value is -3.75. The van der Waals surface area contributed by atoms with Gasteiger partial charge in [0.15, 0.2) is 0 Å². The summed E-state index contributed by atoms with van der Waals surface area (Å²) in [6, 6.07) is 9.85. The highest BCUT2D eigenvalue weighted by atomic mass is 16.6. The standard InChI is InChI=1S/C18H14N2O7/c21-16(22)5-2-8-19-17(23)14-7-6-13(10-15(14)18(19)24)27-12-4-1-3-11(9-12)20(25)26/h1,3-4,6-7,9-10H,2,5,8H2,(H,21,22)/p-1. The van der Waals surface area contributed by atoms with E-state index < -0.39 is 22.7 Å². The van der Waals surface area contributed by atoms with Gasteiger partial charge in [0.25, 0.3) is 17.5 Å². The van der Waals surface area contributed by atoms with Gasteiger partial charge in [0, 0.05) is 18.6 Å². The molecule has 0 bridgehead atoms. The van der Waals surface area contributed by atoms with Crippen LogP contribution in [-0.4, -0.2) is 34.2 Å². The maximum absolute atomic E-state index is 12.4. The number of nitro benzene ring substituents is 1. The molecule has 0 spiro atoms. The van der Waals surface area contributed by atoms with Crippen LogP contribution in [0, 0.1) is 10.1 Å². The number of carboxylic acid groups (broad SMARTS) is 1. The molecule has 2 amide bonds. The number of non-ortho nitro benzene ring substituents is 1. The number of ether oxygens (including phenoxy) is 1. The average Bonchev–Trinajstić information content (AvgIpc) is 2.86. The van der Waals surface area contributed by atoms with Gasteiger partial charge in [0.2, 0.25) is 0 Å². The summed E-state index contributed by atoms with van der Waals surface area (Å²) in [4.78, 5) is 46.5. The Balaban J connectivity index is 1.78. The summed E-state index contributed by atoms with van der Waals surface area (Å²) >= 11 is 0. The van der Waals surface area contributed by atoms with E-state index in [1.165, 1.54) is 42.5 Å². The smallest absolute Gasteiger partial charge is 0.273 e. The Bertz CT molecular complexity index is 954. The number of rotatable bonds is 7. The fourth-order valence-electron chi connectivity index (χ4n) is 2.71. The van der Waals surface area contributed by atoms with Crippen LogP contribution in [-0.2, 0) is 4.79 Å². The number of hydrogen-bond donors (Lipinski definition) is 0. The van der Waals surface area contributed by atoms with Gasteiger partial charge in [0.05, 0.1) is 22.1 Å². The second-order valence-electron chi connectivity index (χ2n) is 5.80. The first-order valence-electron chi connectivity index (χ1n) is 7.99. The van der Waals surface area contributed by atoms with Crippen molar-refractivity contribution in [2.75, 3.05) is 6.54 Å². The van der Waals surface area contributed by atoms with Gasteiger partial charge in [-0.15, -0.1) is 0 Å². The van der Waals surface area contributed by atoms with Crippen LogP contribution in [0.15, 0.2) is 42.5 Å². The van der Waals surface area contributed by atoms with Crippen LogP contribution in [0.1, 0.15) is 33.6 Å². The lowest BCUT2D eigenvalue weighted by Crippen LogP contribution is -2.32. The number of nitro groups is 1. The minimum atomic E-state index is -1.25. The van der Waals surface area contributed by atoms with E-state index in [1.54, 1.807) is 0 Å². The van der Waals surface area contributed by atoms with Crippen molar-refractivity contribution in [3.63, 3.8) is 0 Å². The number of aliphatic carboxylic acids is 1. The van der Waals surface area contributed by atoms with Crippen molar-refractivity contribution in [1.82, 2.24) is 4.90 Å². The molecule has 9 heteroatoms. The van der Waals surface area contributed by atoms with E-state index in [0.717, 1.165) is 4.90 Å². The van der Waals surface area contributed by atoms with Gasteiger partial charge in [-0.25, -0.2) is 0 Å². The molecule has 1 aliphatic rings. The zero-order chi connectivity index (χ0) is 19.6. The summed E-state index contributed by atoms with van der Waals surface area (Å²) < 4.78 is 5.55. The second-order valence-corrected chi connectivity index (χ2v) is 5.80. The van der Waals surface area contributed by atoms with E-state index in [9.17, 15) is 29.6 Å². The quantitative estimate of drug-likeness (QED) is 0.411. The molecule has 138 valence electrons. The average molecular weight is 369 g/mol. The van der Waals surface area contributed by atoms with Crippen LogP contribution in [0.3, 0.4) is 0 Å². The molecule has 0 unspecified atom stereocenters. The zero-order valence-electron chi connectivity index (χ0n) is 13.9. The van der Waals surface area contributed by atoms with Crippen LogP contribution in [0.2, 0.25) is 0 Å². The molecule has 1 heterocycles. The first-order chi connectivity index (χ1) is 12.9. The van der Waals surface area contributed by atoms with Gasteiger partial charge in [-0.05, 0) is 37.1 Å². The minimum absolute atomic E-state index is 0.0264. The molecule has 0 fully saturated rings. The van der Waals surface area contributed by atoms with Crippen molar-refractivity contribution in [2.45, 2.75) is 12.8 Å². The molecule has 0 radical (unpaired) electrons. The monoisotopic (exact) mass is 369 g/mol. The first kappa shape index (κ1) is 18.1. The van der Waals surface area contributed by atoms with Crippen LogP contribution in [0.5, 0.6) is 11.5 Å². The van der Waals surface area contributed by atoms with Crippen LogP contribution in [0.4, 0.5) is 5.69 Å². The molecule has 2 aromatic rings. The molecule has 9 nitrogen and oxygen atoms in total. The van der Waals surface area contributed by atoms with Crippen LogP contribution >= 0.6 is 0 Å². The molecular formula is C18H13N2O7-. The molecule has 0 aliphatic carbocycles. The molecule has 1 aliphatic heterocycles. The third-order valence-corrected chi connectivity index (χ3v) is 3.97. The van der Waals surface area contributed by atoms with Crippen LogP contribution in [0.25, 0.3) is 0 Å². The third-order valence-electron chi connectivity index (χ3n) is 3.97. The van der Waals surface area contributed by atoms with E-state index in [0.29, 0.717) is 0 Å². The van der Waals surface area contributed by atoms with Gasteiger partial charge in [-0.3, -0.25) is 24.6 Å². The molecule has 0 saturated heterocycles.